The quantitative estimate of drug-likeness (QED) is 0.657. The summed E-state index contributed by atoms with van der Waals surface area (Å²) in [4.78, 5) is 21.7. The van der Waals surface area contributed by atoms with Crippen LogP contribution in [0.15, 0.2) is 18.2 Å². The Labute approximate surface area is 102 Å². The van der Waals surface area contributed by atoms with Crippen molar-refractivity contribution in [3.05, 3.63) is 38.9 Å². The van der Waals surface area contributed by atoms with E-state index in [1.807, 2.05) is 0 Å². The summed E-state index contributed by atoms with van der Waals surface area (Å²) >= 11 is 5.61. The van der Waals surface area contributed by atoms with Gasteiger partial charge < -0.3 is 5.32 Å². The first-order valence-electron chi connectivity index (χ1n) is 4.60. The van der Waals surface area contributed by atoms with Gasteiger partial charge in [-0.25, -0.2) is 0 Å². The smallest absolute Gasteiger partial charge is 0.283 e. The fourth-order valence-corrected chi connectivity index (χ4v) is 1.32. The number of carbonyl (C=O) groups is 1. The van der Waals surface area contributed by atoms with Gasteiger partial charge in [0.2, 0.25) is 0 Å². The molecular formula is C10H8ClN3O3. The summed E-state index contributed by atoms with van der Waals surface area (Å²) in [5, 5.41) is 21.8. The van der Waals surface area contributed by atoms with Crippen molar-refractivity contribution >= 4 is 23.2 Å². The van der Waals surface area contributed by atoms with Gasteiger partial charge in [0.15, 0.2) is 0 Å². The second-order valence-corrected chi connectivity index (χ2v) is 3.68. The van der Waals surface area contributed by atoms with E-state index in [9.17, 15) is 14.9 Å². The van der Waals surface area contributed by atoms with Gasteiger partial charge in [0, 0.05) is 11.1 Å². The highest BCUT2D eigenvalue weighted by Gasteiger charge is 2.21. The van der Waals surface area contributed by atoms with Crippen LogP contribution < -0.4 is 5.32 Å². The van der Waals surface area contributed by atoms with Gasteiger partial charge in [-0.05, 0) is 19.1 Å². The van der Waals surface area contributed by atoms with Crippen molar-refractivity contribution in [2.24, 2.45) is 0 Å². The molecule has 0 fully saturated rings. The van der Waals surface area contributed by atoms with Crippen molar-refractivity contribution in [1.82, 2.24) is 5.32 Å². The molecule has 0 bridgehead atoms. The predicted octanol–water partition coefficient (Wildman–Crippen LogP) is 1.89. The molecule has 1 N–H and O–H groups in total. The zero-order valence-electron chi connectivity index (χ0n) is 8.81. The standard InChI is InChI=1S/C10H8ClN3O3/c1-6(5-12)13-10(15)8-3-2-7(11)4-9(8)14(16)17/h2-4,6H,1H3,(H,13,15). The molecule has 0 aromatic heterocycles. The first-order chi connectivity index (χ1) is 7.95. The molecular weight excluding hydrogens is 246 g/mol. The number of nitro groups is 1. The van der Waals surface area contributed by atoms with Crippen LogP contribution in [-0.4, -0.2) is 16.9 Å². The molecule has 6 nitrogen and oxygen atoms in total. The first-order valence-corrected chi connectivity index (χ1v) is 4.98. The van der Waals surface area contributed by atoms with Crippen LogP contribution in [0.25, 0.3) is 0 Å². The van der Waals surface area contributed by atoms with E-state index < -0.39 is 16.9 Å². The van der Waals surface area contributed by atoms with Crippen molar-refractivity contribution in [2.75, 3.05) is 0 Å². The van der Waals surface area contributed by atoms with Crippen LogP contribution in [0.2, 0.25) is 5.02 Å². The Morgan fingerprint density at radius 2 is 2.29 bits per heavy atom. The van der Waals surface area contributed by atoms with E-state index in [4.69, 9.17) is 16.9 Å². The Morgan fingerprint density at radius 1 is 1.65 bits per heavy atom. The van der Waals surface area contributed by atoms with Crippen LogP contribution in [0.3, 0.4) is 0 Å². The normalized spacial score (nSPS) is 11.4. The second-order valence-electron chi connectivity index (χ2n) is 3.24. The van der Waals surface area contributed by atoms with Crippen LogP contribution in [0.5, 0.6) is 0 Å². The van der Waals surface area contributed by atoms with Crippen LogP contribution in [0.1, 0.15) is 17.3 Å². The van der Waals surface area contributed by atoms with E-state index in [0.29, 0.717) is 0 Å². The topological polar surface area (TPSA) is 96.0 Å². The van der Waals surface area contributed by atoms with Crippen LogP contribution >= 0.6 is 11.6 Å². The molecule has 88 valence electrons. The van der Waals surface area contributed by atoms with Gasteiger partial charge in [-0.3, -0.25) is 14.9 Å². The van der Waals surface area contributed by atoms with Crippen molar-refractivity contribution in [3.63, 3.8) is 0 Å². The number of carbonyl (C=O) groups excluding carboxylic acids is 1. The van der Waals surface area contributed by atoms with Crippen molar-refractivity contribution < 1.29 is 9.72 Å². The number of amides is 1. The Hall–Kier alpha value is -2.13. The molecule has 7 heteroatoms. The molecule has 0 radical (unpaired) electrons. The highest BCUT2D eigenvalue weighted by atomic mass is 35.5. The third kappa shape index (κ3) is 3.16. The fraction of sp³-hybridized carbons (Fsp3) is 0.200. The lowest BCUT2D eigenvalue weighted by Crippen LogP contribution is -2.31. The summed E-state index contributed by atoms with van der Waals surface area (Å²) in [5.41, 5.74) is -0.512. The summed E-state index contributed by atoms with van der Waals surface area (Å²) in [5.74, 6) is -0.678. The average molecular weight is 254 g/mol. The number of nitriles is 1. The van der Waals surface area contributed by atoms with E-state index in [-0.39, 0.29) is 16.3 Å². The minimum Gasteiger partial charge on any atom is -0.336 e. The number of hydrogen-bond acceptors (Lipinski definition) is 4. The molecule has 0 saturated carbocycles. The largest absolute Gasteiger partial charge is 0.336 e. The number of benzene rings is 1. The van der Waals surface area contributed by atoms with Gasteiger partial charge in [0.25, 0.3) is 11.6 Å². The minimum atomic E-state index is -0.724. The molecule has 0 heterocycles. The van der Waals surface area contributed by atoms with Crippen molar-refractivity contribution in [3.8, 4) is 6.07 Å². The first kappa shape index (κ1) is 12.9. The highest BCUT2D eigenvalue weighted by Crippen LogP contribution is 2.23. The summed E-state index contributed by atoms with van der Waals surface area (Å²) in [6.07, 6.45) is 0. The van der Waals surface area contributed by atoms with Gasteiger partial charge in [0.05, 0.1) is 11.0 Å². The lowest BCUT2D eigenvalue weighted by molar-refractivity contribution is -0.385. The molecule has 1 rings (SSSR count). The van der Waals surface area contributed by atoms with Crippen molar-refractivity contribution in [1.29, 1.82) is 5.26 Å². The molecule has 1 aromatic carbocycles. The zero-order chi connectivity index (χ0) is 13.0. The summed E-state index contributed by atoms with van der Waals surface area (Å²) in [6.45, 7) is 1.47. The second kappa shape index (κ2) is 5.27. The maximum Gasteiger partial charge on any atom is 0.283 e. The van der Waals surface area contributed by atoms with Crippen LogP contribution in [0, 0.1) is 21.4 Å². The van der Waals surface area contributed by atoms with E-state index in [0.717, 1.165) is 6.07 Å². The Balaban J connectivity index is 3.10. The SMILES string of the molecule is CC(C#N)NC(=O)c1ccc(Cl)cc1[N+](=O)[O-]. The highest BCUT2D eigenvalue weighted by molar-refractivity contribution is 6.31. The number of nitrogens with zero attached hydrogens (tertiary/aromatic N) is 2. The summed E-state index contributed by atoms with van der Waals surface area (Å²) in [7, 11) is 0. The monoisotopic (exact) mass is 253 g/mol. The molecule has 17 heavy (non-hydrogen) atoms. The molecule has 0 saturated heterocycles. The summed E-state index contributed by atoms with van der Waals surface area (Å²) < 4.78 is 0. The lowest BCUT2D eigenvalue weighted by atomic mass is 10.1. The number of rotatable bonds is 3. The van der Waals surface area contributed by atoms with E-state index in [1.54, 1.807) is 6.07 Å². The average Bonchev–Trinajstić information content (AvgIpc) is 2.28. The third-order valence-corrected chi connectivity index (χ3v) is 2.18. The van der Waals surface area contributed by atoms with Gasteiger partial charge in [-0.1, -0.05) is 11.6 Å². The predicted molar refractivity (Wildman–Crippen MR) is 60.6 cm³/mol. The molecule has 1 unspecified atom stereocenters. The fourth-order valence-electron chi connectivity index (χ4n) is 1.15. The molecule has 1 aromatic rings. The van der Waals surface area contributed by atoms with E-state index in [1.165, 1.54) is 19.1 Å². The maximum atomic E-state index is 11.6. The van der Waals surface area contributed by atoms with Gasteiger partial charge in [-0.15, -0.1) is 0 Å². The van der Waals surface area contributed by atoms with Gasteiger partial charge in [-0.2, -0.15) is 5.26 Å². The van der Waals surface area contributed by atoms with Crippen LogP contribution in [-0.2, 0) is 0 Å². The van der Waals surface area contributed by atoms with Gasteiger partial charge in [0.1, 0.15) is 11.6 Å². The van der Waals surface area contributed by atoms with Crippen molar-refractivity contribution in [2.45, 2.75) is 13.0 Å². The zero-order valence-corrected chi connectivity index (χ0v) is 9.56. The maximum absolute atomic E-state index is 11.6. The molecule has 0 aliphatic rings. The minimum absolute atomic E-state index is 0.124. The number of nitrogens with one attached hydrogen (secondary N) is 1. The molecule has 1 amide bonds. The molecule has 0 aliphatic heterocycles. The van der Waals surface area contributed by atoms with E-state index in [2.05, 4.69) is 5.32 Å². The Kier molecular flexibility index (Phi) is 4.01. The molecule has 0 aliphatic carbocycles. The number of nitro benzene ring substituents is 1. The third-order valence-electron chi connectivity index (χ3n) is 1.94. The number of hydrogen-bond donors (Lipinski definition) is 1. The summed E-state index contributed by atoms with van der Waals surface area (Å²) in [6, 6.07) is 4.79. The molecule has 0 spiro atoms. The Morgan fingerprint density at radius 3 is 2.82 bits per heavy atom. The lowest BCUT2D eigenvalue weighted by Gasteiger charge is -2.06. The number of halogens is 1. The Bertz CT molecular complexity index is 510. The molecule has 1 atom stereocenters. The van der Waals surface area contributed by atoms with Crippen LogP contribution in [0.4, 0.5) is 5.69 Å². The van der Waals surface area contributed by atoms with Gasteiger partial charge >= 0.3 is 0 Å². The van der Waals surface area contributed by atoms with E-state index >= 15 is 0 Å².